The Morgan fingerprint density at radius 1 is 1.19 bits per heavy atom. The molecular weight excluding hydrogens is 262 g/mol. The van der Waals surface area contributed by atoms with Gasteiger partial charge in [-0.15, -0.1) is 0 Å². The van der Waals surface area contributed by atoms with Gasteiger partial charge in [0.25, 0.3) is 5.91 Å². The first-order valence-corrected chi connectivity index (χ1v) is 8.26. The molecule has 0 aromatic heterocycles. The number of nitrogens with one attached hydrogen (secondary N) is 1. The van der Waals surface area contributed by atoms with Crippen molar-refractivity contribution in [2.75, 3.05) is 6.61 Å². The van der Waals surface area contributed by atoms with Crippen molar-refractivity contribution >= 4 is 5.91 Å². The fourth-order valence-electron chi connectivity index (χ4n) is 3.57. The maximum atomic E-state index is 12.0. The minimum absolute atomic E-state index is 0.00856. The summed E-state index contributed by atoms with van der Waals surface area (Å²) in [6.45, 7) is 2.35. The average molecular weight is 287 g/mol. The third-order valence-electron chi connectivity index (χ3n) is 4.90. The second-order valence-corrected chi connectivity index (χ2v) is 6.51. The van der Waals surface area contributed by atoms with Crippen LogP contribution in [0.1, 0.15) is 50.2 Å². The van der Waals surface area contributed by atoms with Crippen LogP contribution in [-0.4, -0.2) is 18.6 Å². The summed E-state index contributed by atoms with van der Waals surface area (Å²) < 4.78 is 5.66. The van der Waals surface area contributed by atoms with Crippen LogP contribution in [0.3, 0.4) is 0 Å². The molecule has 0 aliphatic heterocycles. The normalized spacial score (nSPS) is 24.4. The van der Waals surface area contributed by atoms with Gasteiger partial charge in [-0.3, -0.25) is 4.79 Å². The molecule has 0 unspecified atom stereocenters. The van der Waals surface area contributed by atoms with E-state index in [2.05, 4.69) is 24.4 Å². The molecule has 1 aromatic rings. The highest BCUT2D eigenvalue weighted by molar-refractivity contribution is 5.77. The Morgan fingerprint density at radius 2 is 2.00 bits per heavy atom. The van der Waals surface area contributed by atoms with Crippen LogP contribution >= 0.6 is 0 Å². The Kier molecular flexibility index (Phi) is 4.47. The first-order valence-electron chi connectivity index (χ1n) is 8.26. The molecule has 21 heavy (non-hydrogen) atoms. The van der Waals surface area contributed by atoms with Crippen LogP contribution in [0.15, 0.2) is 18.2 Å². The van der Waals surface area contributed by atoms with Crippen LogP contribution in [0.4, 0.5) is 0 Å². The van der Waals surface area contributed by atoms with Gasteiger partial charge in [-0.05, 0) is 61.3 Å². The minimum atomic E-state index is 0.00856. The molecule has 0 bridgehead atoms. The Hall–Kier alpha value is -1.51. The molecule has 3 heteroatoms. The van der Waals surface area contributed by atoms with Crippen molar-refractivity contribution in [2.24, 2.45) is 5.92 Å². The molecule has 2 atom stereocenters. The predicted octanol–water partition coefficient (Wildman–Crippen LogP) is 3.25. The number of hydrogen-bond donors (Lipinski definition) is 1. The van der Waals surface area contributed by atoms with Gasteiger partial charge in [-0.1, -0.05) is 25.8 Å². The lowest BCUT2D eigenvalue weighted by Gasteiger charge is -2.29. The number of aryl methyl sites for hydroxylation is 2. The summed E-state index contributed by atoms with van der Waals surface area (Å²) in [5, 5.41) is 3.13. The molecule has 2 aliphatic rings. The van der Waals surface area contributed by atoms with Gasteiger partial charge in [0, 0.05) is 6.04 Å². The maximum Gasteiger partial charge on any atom is 0.258 e. The lowest BCUT2D eigenvalue weighted by atomic mass is 9.86. The number of benzene rings is 1. The van der Waals surface area contributed by atoms with E-state index in [4.69, 9.17) is 4.74 Å². The number of fused-ring (bicyclic) bond motifs is 1. The monoisotopic (exact) mass is 287 g/mol. The number of carbonyl (C=O) groups excluding carboxylic acids is 1. The Labute approximate surface area is 127 Å². The van der Waals surface area contributed by atoms with Gasteiger partial charge in [-0.2, -0.15) is 0 Å². The summed E-state index contributed by atoms with van der Waals surface area (Å²) in [6.07, 6.45) is 8.38. The number of carbonyl (C=O) groups is 1. The lowest BCUT2D eigenvalue weighted by Crippen LogP contribution is -2.43. The van der Waals surface area contributed by atoms with Gasteiger partial charge < -0.3 is 10.1 Å². The molecule has 1 saturated carbocycles. The van der Waals surface area contributed by atoms with E-state index in [1.807, 2.05) is 6.07 Å². The van der Waals surface area contributed by atoms with Crippen LogP contribution in [0, 0.1) is 5.92 Å². The van der Waals surface area contributed by atoms with Gasteiger partial charge in [0.1, 0.15) is 5.75 Å². The van der Waals surface area contributed by atoms with Crippen molar-refractivity contribution in [3.63, 3.8) is 0 Å². The van der Waals surface area contributed by atoms with Crippen molar-refractivity contribution in [3.05, 3.63) is 29.3 Å². The second-order valence-electron chi connectivity index (χ2n) is 6.51. The number of hydrogen-bond acceptors (Lipinski definition) is 2. The topological polar surface area (TPSA) is 38.3 Å². The first-order chi connectivity index (χ1) is 10.2. The zero-order valence-corrected chi connectivity index (χ0v) is 12.9. The molecule has 0 spiro atoms. The summed E-state index contributed by atoms with van der Waals surface area (Å²) in [5.74, 6) is 1.42. The second kappa shape index (κ2) is 6.50. The van der Waals surface area contributed by atoms with Gasteiger partial charge in [0.05, 0.1) is 0 Å². The Morgan fingerprint density at radius 3 is 2.86 bits per heavy atom. The summed E-state index contributed by atoms with van der Waals surface area (Å²) in [6, 6.07) is 6.55. The van der Waals surface area contributed by atoms with Crippen LogP contribution in [0.5, 0.6) is 5.75 Å². The molecule has 0 radical (unpaired) electrons. The number of rotatable bonds is 4. The van der Waals surface area contributed by atoms with E-state index >= 15 is 0 Å². The molecule has 1 aromatic carbocycles. The highest BCUT2D eigenvalue weighted by atomic mass is 16.5. The average Bonchev–Trinajstić information content (AvgIpc) is 2.95. The summed E-state index contributed by atoms with van der Waals surface area (Å²) in [4.78, 5) is 12.0. The summed E-state index contributed by atoms with van der Waals surface area (Å²) in [7, 11) is 0. The minimum Gasteiger partial charge on any atom is -0.484 e. The quantitative estimate of drug-likeness (QED) is 0.923. The lowest BCUT2D eigenvalue weighted by molar-refractivity contribution is -0.124. The zero-order valence-electron chi connectivity index (χ0n) is 12.9. The van der Waals surface area contributed by atoms with Gasteiger partial charge in [-0.25, -0.2) is 0 Å². The first kappa shape index (κ1) is 14.4. The van der Waals surface area contributed by atoms with E-state index in [1.54, 1.807) is 0 Å². The molecule has 2 aliphatic carbocycles. The van der Waals surface area contributed by atoms with Crippen molar-refractivity contribution in [2.45, 2.75) is 57.9 Å². The summed E-state index contributed by atoms with van der Waals surface area (Å²) >= 11 is 0. The molecule has 114 valence electrons. The fraction of sp³-hybridized carbons (Fsp3) is 0.611. The molecule has 3 rings (SSSR count). The van der Waals surface area contributed by atoms with Gasteiger partial charge in [0.15, 0.2) is 6.61 Å². The molecule has 1 amide bonds. The predicted molar refractivity (Wildman–Crippen MR) is 83.5 cm³/mol. The van der Waals surface area contributed by atoms with E-state index in [1.165, 1.54) is 43.2 Å². The SMILES string of the molecule is C[C@@H]1CCCC[C@@H]1NC(=O)COc1ccc2c(c1)CCC2. The van der Waals surface area contributed by atoms with E-state index in [0.29, 0.717) is 12.0 Å². The Bertz CT molecular complexity index is 512. The van der Waals surface area contributed by atoms with Crippen LogP contribution in [0.2, 0.25) is 0 Å². The standard InChI is InChI=1S/C18H25NO2/c1-13-5-2-3-8-17(13)19-18(20)12-21-16-10-9-14-6-4-7-15(14)11-16/h9-11,13,17H,2-8,12H2,1H3,(H,19,20)/t13-,17+/m1/s1. The maximum absolute atomic E-state index is 12.0. The van der Waals surface area contributed by atoms with E-state index in [-0.39, 0.29) is 12.5 Å². The third-order valence-corrected chi connectivity index (χ3v) is 4.90. The molecule has 1 fully saturated rings. The smallest absolute Gasteiger partial charge is 0.258 e. The van der Waals surface area contributed by atoms with Crippen molar-refractivity contribution in [1.82, 2.24) is 5.32 Å². The number of ether oxygens (including phenoxy) is 1. The largest absolute Gasteiger partial charge is 0.484 e. The van der Waals surface area contributed by atoms with Crippen LogP contribution in [-0.2, 0) is 17.6 Å². The van der Waals surface area contributed by atoms with Crippen molar-refractivity contribution in [1.29, 1.82) is 0 Å². The van der Waals surface area contributed by atoms with E-state index < -0.39 is 0 Å². The van der Waals surface area contributed by atoms with Crippen LogP contribution < -0.4 is 10.1 Å². The molecule has 1 N–H and O–H groups in total. The number of amides is 1. The molecule has 0 saturated heterocycles. The molecular formula is C18H25NO2. The van der Waals surface area contributed by atoms with Crippen LogP contribution in [0.25, 0.3) is 0 Å². The summed E-state index contributed by atoms with van der Waals surface area (Å²) in [5.41, 5.74) is 2.82. The highest BCUT2D eigenvalue weighted by Gasteiger charge is 2.22. The highest BCUT2D eigenvalue weighted by Crippen LogP contribution is 2.26. The van der Waals surface area contributed by atoms with E-state index in [9.17, 15) is 4.79 Å². The van der Waals surface area contributed by atoms with Crippen molar-refractivity contribution < 1.29 is 9.53 Å². The van der Waals surface area contributed by atoms with Gasteiger partial charge in [0.2, 0.25) is 0 Å². The fourth-order valence-corrected chi connectivity index (χ4v) is 3.57. The molecule has 0 heterocycles. The van der Waals surface area contributed by atoms with E-state index in [0.717, 1.165) is 18.6 Å². The molecule has 3 nitrogen and oxygen atoms in total. The van der Waals surface area contributed by atoms with Gasteiger partial charge >= 0.3 is 0 Å². The Balaban J connectivity index is 1.49. The van der Waals surface area contributed by atoms with Crippen molar-refractivity contribution in [3.8, 4) is 5.75 Å². The third kappa shape index (κ3) is 3.58. The zero-order chi connectivity index (χ0) is 14.7.